The molecule has 2 aromatic carbocycles. The van der Waals surface area contributed by atoms with Crippen molar-refractivity contribution in [3.63, 3.8) is 0 Å². The van der Waals surface area contributed by atoms with Crippen LogP contribution in [0.2, 0.25) is 0 Å². The number of rotatable bonds is 6. The van der Waals surface area contributed by atoms with Crippen LogP contribution in [0.1, 0.15) is 23.0 Å². The molecule has 0 unspecified atom stereocenters. The first-order valence-corrected chi connectivity index (χ1v) is 8.75. The second kappa shape index (κ2) is 7.90. The van der Waals surface area contributed by atoms with E-state index in [1.807, 2.05) is 31.2 Å². The van der Waals surface area contributed by atoms with Crippen LogP contribution in [0.4, 0.5) is 4.39 Å². The summed E-state index contributed by atoms with van der Waals surface area (Å²) in [6.07, 6.45) is 0. The SMILES string of the molecule is CCNC(=O)c1csc(-c2cccc(OCc3ccccc3F)c2)n1. The maximum Gasteiger partial charge on any atom is 0.270 e. The third-order valence-electron chi connectivity index (χ3n) is 3.51. The van der Waals surface area contributed by atoms with E-state index in [1.54, 1.807) is 23.6 Å². The normalized spacial score (nSPS) is 10.5. The number of halogens is 1. The Kier molecular flexibility index (Phi) is 5.40. The van der Waals surface area contributed by atoms with Crippen LogP contribution in [-0.2, 0) is 6.61 Å². The number of carbonyl (C=O) groups is 1. The van der Waals surface area contributed by atoms with E-state index in [2.05, 4.69) is 10.3 Å². The zero-order valence-electron chi connectivity index (χ0n) is 13.7. The van der Waals surface area contributed by atoms with Gasteiger partial charge in [-0.15, -0.1) is 11.3 Å². The van der Waals surface area contributed by atoms with Crippen LogP contribution in [0.3, 0.4) is 0 Å². The number of nitrogens with one attached hydrogen (secondary N) is 1. The van der Waals surface area contributed by atoms with Crippen molar-refractivity contribution in [3.05, 3.63) is 71.0 Å². The van der Waals surface area contributed by atoms with Gasteiger partial charge in [0.25, 0.3) is 5.91 Å². The summed E-state index contributed by atoms with van der Waals surface area (Å²) in [6, 6.07) is 13.9. The largest absolute Gasteiger partial charge is 0.489 e. The van der Waals surface area contributed by atoms with E-state index in [9.17, 15) is 9.18 Å². The Morgan fingerprint density at radius 2 is 2.08 bits per heavy atom. The molecule has 0 saturated heterocycles. The molecule has 0 aliphatic rings. The second-order valence-electron chi connectivity index (χ2n) is 5.31. The molecule has 0 spiro atoms. The van der Waals surface area contributed by atoms with Gasteiger partial charge < -0.3 is 10.1 Å². The maximum atomic E-state index is 13.7. The average molecular weight is 356 g/mol. The molecule has 1 N–H and O–H groups in total. The molecule has 3 aromatic rings. The summed E-state index contributed by atoms with van der Waals surface area (Å²) >= 11 is 1.39. The smallest absolute Gasteiger partial charge is 0.270 e. The molecule has 0 bridgehead atoms. The summed E-state index contributed by atoms with van der Waals surface area (Å²) in [4.78, 5) is 16.2. The fourth-order valence-corrected chi connectivity index (χ4v) is 3.05. The lowest BCUT2D eigenvalue weighted by molar-refractivity contribution is 0.0951. The van der Waals surface area contributed by atoms with Crippen molar-refractivity contribution < 1.29 is 13.9 Å². The van der Waals surface area contributed by atoms with Crippen molar-refractivity contribution >= 4 is 17.2 Å². The molecule has 1 aromatic heterocycles. The fourth-order valence-electron chi connectivity index (χ4n) is 2.26. The van der Waals surface area contributed by atoms with Gasteiger partial charge in [0, 0.05) is 23.1 Å². The van der Waals surface area contributed by atoms with Gasteiger partial charge in [-0.25, -0.2) is 9.37 Å². The number of thiazole rings is 1. The monoisotopic (exact) mass is 356 g/mol. The molecule has 0 radical (unpaired) electrons. The Morgan fingerprint density at radius 3 is 2.88 bits per heavy atom. The van der Waals surface area contributed by atoms with Gasteiger partial charge in [0.15, 0.2) is 0 Å². The minimum absolute atomic E-state index is 0.151. The minimum Gasteiger partial charge on any atom is -0.489 e. The third-order valence-corrected chi connectivity index (χ3v) is 4.40. The van der Waals surface area contributed by atoms with Crippen molar-refractivity contribution in [1.29, 1.82) is 0 Å². The number of aromatic nitrogens is 1. The molecule has 0 atom stereocenters. The first kappa shape index (κ1) is 17.1. The molecular formula is C19H17FN2O2S. The minimum atomic E-state index is -0.287. The maximum absolute atomic E-state index is 13.7. The lowest BCUT2D eigenvalue weighted by Crippen LogP contribution is -2.22. The quantitative estimate of drug-likeness (QED) is 0.717. The molecule has 0 aliphatic heterocycles. The Bertz CT molecular complexity index is 879. The highest BCUT2D eigenvalue weighted by Gasteiger charge is 2.11. The second-order valence-corrected chi connectivity index (χ2v) is 6.16. The van der Waals surface area contributed by atoms with Crippen LogP contribution in [0.15, 0.2) is 53.9 Å². The first-order valence-electron chi connectivity index (χ1n) is 7.87. The lowest BCUT2D eigenvalue weighted by Gasteiger charge is -2.08. The van der Waals surface area contributed by atoms with Gasteiger partial charge in [0.05, 0.1) is 0 Å². The van der Waals surface area contributed by atoms with Gasteiger partial charge in [0.1, 0.15) is 28.9 Å². The summed E-state index contributed by atoms with van der Waals surface area (Å²) < 4.78 is 19.3. The van der Waals surface area contributed by atoms with Gasteiger partial charge in [-0.05, 0) is 25.1 Å². The number of ether oxygens (including phenoxy) is 1. The Balaban J connectivity index is 1.73. The molecule has 3 rings (SSSR count). The molecule has 6 heteroatoms. The van der Waals surface area contributed by atoms with Crippen molar-refractivity contribution in [2.24, 2.45) is 0 Å². The van der Waals surface area contributed by atoms with E-state index in [4.69, 9.17) is 4.74 Å². The molecule has 0 aliphatic carbocycles. The van der Waals surface area contributed by atoms with Gasteiger partial charge in [-0.2, -0.15) is 0 Å². The third kappa shape index (κ3) is 4.22. The van der Waals surface area contributed by atoms with Crippen LogP contribution < -0.4 is 10.1 Å². The fraction of sp³-hybridized carbons (Fsp3) is 0.158. The number of nitrogens with zero attached hydrogens (tertiary/aromatic N) is 1. The predicted octanol–water partition coefficient (Wildman–Crippen LogP) is 4.28. The molecule has 0 fully saturated rings. The number of benzene rings is 2. The zero-order chi connectivity index (χ0) is 17.6. The Morgan fingerprint density at radius 1 is 1.24 bits per heavy atom. The Hall–Kier alpha value is -2.73. The van der Waals surface area contributed by atoms with Crippen LogP contribution in [0.25, 0.3) is 10.6 Å². The highest BCUT2D eigenvalue weighted by Crippen LogP contribution is 2.27. The Labute approximate surface area is 149 Å². The topological polar surface area (TPSA) is 51.2 Å². The summed E-state index contributed by atoms with van der Waals surface area (Å²) in [6.45, 7) is 2.57. The van der Waals surface area contributed by atoms with E-state index < -0.39 is 0 Å². The standard InChI is InChI=1S/C19H17FN2O2S/c1-2-21-18(23)17-12-25-19(22-17)13-7-5-8-15(10-13)24-11-14-6-3-4-9-16(14)20/h3-10,12H,2,11H2,1H3,(H,21,23). The summed E-state index contributed by atoms with van der Waals surface area (Å²) in [5.74, 6) is 0.151. The summed E-state index contributed by atoms with van der Waals surface area (Å²) in [7, 11) is 0. The van der Waals surface area contributed by atoms with Crippen LogP contribution in [0.5, 0.6) is 5.75 Å². The van der Waals surface area contributed by atoms with Crippen LogP contribution in [0, 0.1) is 5.82 Å². The number of carbonyl (C=O) groups excluding carboxylic acids is 1. The summed E-state index contributed by atoms with van der Waals surface area (Å²) in [5.41, 5.74) is 1.76. The van der Waals surface area contributed by atoms with E-state index in [0.29, 0.717) is 23.6 Å². The average Bonchev–Trinajstić information content (AvgIpc) is 3.12. The molecule has 128 valence electrons. The molecule has 0 saturated carbocycles. The van der Waals surface area contributed by atoms with Gasteiger partial charge in [-0.1, -0.05) is 30.3 Å². The number of amides is 1. The number of hydrogen-bond donors (Lipinski definition) is 1. The summed E-state index contributed by atoms with van der Waals surface area (Å²) in [5, 5.41) is 5.19. The highest BCUT2D eigenvalue weighted by molar-refractivity contribution is 7.13. The van der Waals surface area contributed by atoms with E-state index in [1.165, 1.54) is 17.4 Å². The molecule has 4 nitrogen and oxygen atoms in total. The van der Waals surface area contributed by atoms with E-state index in [-0.39, 0.29) is 18.3 Å². The van der Waals surface area contributed by atoms with E-state index in [0.717, 1.165) is 10.6 Å². The van der Waals surface area contributed by atoms with Crippen LogP contribution >= 0.6 is 11.3 Å². The van der Waals surface area contributed by atoms with Gasteiger partial charge in [0.2, 0.25) is 0 Å². The molecular weight excluding hydrogens is 339 g/mol. The van der Waals surface area contributed by atoms with Gasteiger partial charge >= 0.3 is 0 Å². The van der Waals surface area contributed by atoms with Crippen LogP contribution in [-0.4, -0.2) is 17.4 Å². The van der Waals surface area contributed by atoms with Crippen molar-refractivity contribution in [1.82, 2.24) is 10.3 Å². The molecule has 1 heterocycles. The zero-order valence-corrected chi connectivity index (χ0v) is 14.5. The lowest BCUT2D eigenvalue weighted by atomic mass is 10.2. The van der Waals surface area contributed by atoms with Gasteiger partial charge in [-0.3, -0.25) is 4.79 Å². The number of hydrogen-bond acceptors (Lipinski definition) is 4. The van der Waals surface area contributed by atoms with Crippen molar-refractivity contribution in [2.45, 2.75) is 13.5 Å². The highest BCUT2D eigenvalue weighted by atomic mass is 32.1. The van der Waals surface area contributed by atoms with Crippen molar-refractivity contribution in [3.8, 4) is 16.3 Å². The predicted molar refractivity (Wildman–Crippen MR) is 96.3 cm³/mol. The van der Waals surface area contributed by atoms with Crippen molar-refractivity contribution in [2.75, 3.05) is 6.54 Å². The first-order chi connectivity index (χ1) is 12.2. The van der Waals surface area contributed by atoms with E-state index >= 15 is 0 Å². The molecule has 1 amide bonds. The molecule has 25 heavy (non-hydrogen) atoms.